The maximum absolute atomic E-state index is 12.2. The fourth-order valence-corrected chi connectivity index (χ4v) is 2.53. The van der Waals surface area contributed by atoms with Crippen LogP contribution >= 0.6 is 0 Å². The van der Waals surface area contributed by atoms with E-state index in [4.69, 9.17) is 14.2 Å². The lowest BCUT2D eigenvalue weighted by Crippen LogP contribution is -2.47. The molecular weight excluding hydrogens is 298 g/mol. The average Bonchev–Trinajstić information content (AvgIpc) is 2.52. The van der Waals surface area contributed by atoms with Gasteiger partial charge in [0, 0.05) is 12.7 Å². The number of carbonyl (C=O) groups excluding carboxylic acids is 2. The molecule has 0 amide bonds. The topological polar surface area (TPSA) is 65.1 Å². The van der Waals surface area contributed by atoms with Crippen molar-refractivity contribution >= 4 is 17.4 Å². The summed E-state index contributed by atoms with van der Waals surface area (Å²) in [7, 11) is 1.56. The predicted octanol–water partition coefficient (Wildman–Crippen LogP) is 2.05. The molecule has 6 nitrogen and oxygen atoms in total. The van der Waals surface area contributed by atoms with Crippen LogP contribution in [0.1, 0.15) is 31.1 Å². The molecule has 0 aliphatic carbocycles. The van der Waals surface area contributed by atoms with E-state index in [0.717, 1.165) is 5.69 Å². The first-order chi connectivity index (χ1) is 10.9. The van der Waals surface area contributed by atoms with E-state index >= 15 is 0 Å². The Morgan fingerprint density at radius 1 is 1.39 bits per heavy atom. The standard InChI is InChI=1S/C17H23NO5/c1-11-10-18(12(2)17(20)22-8-7-21-4)15-9-14(13(3)19)5-6-16(15)23-11/h5-6,9,11-12H,7-8,10H2,1-4H3. The van der Waals surface area contributed by atoms with Gasteiger partial charge in [-0.1, -0.05) is 0 Å². The van der Waals surface area contributed by atoms with E-state index in [9.17, 15) is 9.59 Å². The van der Waals surface area contributed by atoms with Crippen molar-refractivity contribution in [3.05, 3.63) is 23.8 Å². The van der Waals surface area contributed by atoms with Gasteiger partial charge in [-0.05, 0) is 39.0 Å². The second-order valence-corrected chi connectivity index (χ2v) is 5.66. The molecule has 0 N–H and O–H groups in total. The van der Waals surface area contributed by atoms with Crippen LogP contribution in [0.25, 0.3) is 0 Å². The van der Waals surface area contributed by atoms with E-state index in [-0.39, 0.29) is 24.5 Å². The Labute approximate surface area is 136 Å². The van der Waals surface area contributed by atoms with Gasteiger partial charge in [0.2, 0.25) is 0 Å². The van der Waals surface area contributed by atoms with Gasteiger partial charge < -0.3 is 19.1 Å². The molecule has 1 heterocycles. The number of carbonyl (C=O) groups is 2. The lowest BCUT2D eigenvalue weighted by Gasteiger charge is -2.38. The normalized spacial score (nSPS) is 17.9. The molecule has 2 unspecified atom stereocenters. The number of nitrogens with zero attached hydrogens (tertiary/aromatic N) is 1. The Kier molecular flexibility index (Phi) is 5.60. The molecule has 126 valence electrons. The quantitative estimate of drug-likeness (QED) is 0.454. The molecule has 2 rings (SSSR count). The van der Waals surface area contributed by atoms with Crippen molar-refractivity contribution in [3.8, 4) is 5.75 Å². The van der Waals surface area contributed by atoms with Crippen molar-refractivity contribution in [3.63, 3.8) is 0 Å². The summed E-state index contributed by atoms with van der Waals surface area (Å²) in [5, 5.41) is 0. The molecule has 1 aromatic carbocycles. The van der Waals surface area contributed by atoms with Crippen molar-refractivity contribution in [2.24, 2.45) is 0 Å². The molecule has 2 atom stereocenters. The minimum absolute atomic E-state index is 0.0262. The summed E-state index contributed by atoms with van der Waals surface area (Å²) in [6.45, 7) is 6.38. The maximum atomic E-state index is 12.2. The summed E-state index contributed by atoms with van der Waals surface area (Å²) < 4.78 is 15.9. The third kappa shape index (κ3) is 4.01. The number of rotatable bonds is 6. The summed E-state index contributed by atoms with van der Waals surface area (Å²) in [5.41, 5.74) is 1.33. The van der Waals surface area contributed by atoms with Crippen LogP contribution in [0, 0.1) is 0 Å². The zero-order valence-corrected chi connectivity index (χ0v) is 14.0. The van der Waals surface area contributed by atoms with Crippen LogP contribution in [0.15, 0.2) is 18.2 Å². The largest absolute Gasteiger partial charge is 0.487 e. The van der Waals surface area contributed by atoms with Gasteiger partial charge in [0.15, 0.2) is 5.78 Å². The Morgan fingerprint density at radius 2 is 2.13 bits per heavy atom. The van der Waals surface area contributed by atoms with Gasteiger partial charge in [-0.25, -0.2) is 4.79 Å². The molecule has 0 fully saturated rings. The van der Waals surface area contributed by atoms with Crippen molar-refractivity contribution in [1.82, 2.24) is 0 Å². The highest BCUT2D eigenvalue weighted by molar-refractivity contribution is 5.96. The molecule has 0 spiro atoms. The predicted molar refractivity (Wildman–Crippen MR) is 86.2 cm³/mol. The SMILES string of the molecule is COCCOC(=O)C(C)N1CC(C)Oc2ccc(C(C)=O)cc21. The van der Waals surface area contributed by atoms with Crippen LogP contribution in [0.5, 0.6) is 5.75 Å². The van der Waals surface area contributed by atoms with Gasteiger partial charge in [0.1, 0.15) is 24.5 Å². The first kappa shape index (κ1) is 17.3. The Hall–Kier alpha value is -2.08. The van der Waals surface area contributed by atoms with E-state index in [1.54, 1.807) is 32.2 Å². The molecule has 0 bridgehead atoms. The monoisotopic (exact) mass is 321 g/mol. The highest BCUT2D eigenvalue weighted by Gasteiger charge is 2.31. The van der Waals surface area contributed by atoms with Gasteiger partial charge in [0.25, 0.3) is 0 Å². The molecular formula is C17H23NO5. The first-order valence-corrected chi connectivity index (χ1v) is 7.68. The van der Waals surface area contributed by atoms with Crippen molar-refractivity contribution in [2.75, 3.05) is 31.8 Å². The minimum atomic E-state index is -0.473. The Balaban J connectivity index is 2.23. The summed E-state index contributed by atoms with van der Waals surface area (Å²) in [4.78, 5) is 25.8. The van der Waals surface area contributed by atoms with E-state index in [2.05, 4.69) is 0 Å². The molecule has 0 saturated heterocycles. The Morgan fingerprint density at radius 3 is 2.78 bits per heavy atom. The summed E-state index contributed by atoms with van der Waals surface area (Å²) in [6, 6.07) is 4.80. The van der Waals surface area contributed by atoms with Gasteiger partial charge in [-0.15, -0.1) is 0 Å². The molecule has 0 aromatic heterocycles. The van der Waals surface area contributed by atoms with Crippen molar-refractivity contribution in [1.29, 1.82) is 0 Å². The van der Waals surface area contributed by atoms with Gasteiger partial charge in [-0.3, -0.25) is 4.79 Å². The van der Waals surface area contributed by atoms with Gasteiger partial charge >= 0.3 is 5.97 Å². The van der Waals surface area contributed by atoms with Crippen LogP contribution in [0.2, 0.25) is 0 Å². The fourth-order valence-electron chi connectivity index (χ4n) is 2.53. The van der Waals surface area contributed by atoms with E-state index in [0.29, 0.717) is 24.5 Å². The van der Waals surface area contributed by atoms with E-state index in [1.807, 2.05) is 11.8 Å². The molecule has 6 heteroatoms. The van der Waals surface area contributed by atoms with Crippen molar-refractivity contribution in [2.45, 2.75) is 32.9 Å². The zero-order chi connectivity index (χ0) is 17.0. The second kappa shape index (κ2) is 7.46. The molecule has 1 aliphatic heterocycles. The number of anilines is 1. The number of ether oxygens (including phenoxy) is 3. The van der Waals surface area contributed by atoms with E-state index in [1.165, 1.54) is 6.92 Å². The van der Waals surface area contributed by atoms with E-state index < -0.39 is 6.04 Å². The molecule has 23 heavy (non-hydrogen) atoms. The Bertz CT molecular complexity index is 586. The van der Waals surface area contributed by atoms with Gasteiger partial charge in [-0.2, -0.15) is 0 Å². The second-order valence-electron chi connectivity index (χ2n) is 5.66. The number of fused-ring (bicyclic) bond motifs is 1. The average molecular weight is 321 g/mol. The number of hydrogen-bond acceptors (Lipinski definition) is 6. The zero-order valence-electron chi connectivity index (χ0n) is 14.0. The highest BCUT2D eigenvalue weighted by atomic mass is 16.6. The van der Waals surface area contributed by atoms with Crippen LogP contribution in [-0.2, 0) is 14.3 Å². The number of esters is 1. The summed E-state index contributed by atoms with van der Waals surface area (Å²) in [6.07, 6.45) is -0.0556. The summed E-state index contributed by atoms with van der Waals surface area (Å²) >= 11 is 0. The highest BCUT2D eigenvalue weighted by Crippen LogP contribution is 2.35. The molecule has 1 aromatic rings. The molecule has 1 aliphatic rings. The number of Topliss-reactive ketones (excluding diaryl/α,β-unsaturated/α-hetero) is 1. The fraction of sp³-hybridized carbons (Fsp3) is 0.529. The minimum Gasteiger partial charge on any atom is -0.487 e. The smallest absolute Gasteiger partial charge is 0.328 e. The van der Waals surface area contributed by atoms with Gasteiger partial charge in [0.05, 0.1) is 18.8 Å². The van der Waals surface area contributed by atoms with Crippen LogP contribution in [-0.4, -0.2) is 50.8 Å². The van der Waals surface area contributed by atoms with Crippen LogP contribution in [0.3, 0.4) is 0 Å². The summed E-state index contributed by atoms with van der Waals surface area (Å²) in [5.74, 6) is 0.322. The third-order valence-corrected chi connectivity index (χ3v) is 3.80. The number of methoxy groups -OCH3 is 1. The lowest BCUT2D eigenvalue weighted by molar-refractivity contribution is -0.146. The number of hydrogen-bond donors (Lipinski definition) is 0. The molecule has 0 radical (unpaired) electrons. The van der Waals surface area contributed by atoms with Crippen molar-refractivity contribution < 1.29 is 23.8 Å². The first-order valence-electron chi connectivity index (χ1n) is 7.68. The van der Waals surface area contributed by atoms with Crippen LogP contribution in [0.4, 0.5) is 5.69 Å². The number of benzene rings is 1. The third-order valence-electron chi connectivity index (χ3n) is 3.80. The maximum Gasteiger partial charge on any atom is 0.328 e. The van der Waals surface area contributed by atoms with Crippen LogP contribution < -0.4 is 9.64 Å². The number of ketones is 1. The lowest BCUT2D eigenvalue weighted by atomic mass is 10.1. The molecule has 0 saturated carbocycles.